The van der Waals surface area contributed by atoms with Crippen LogP contribution in [0.5, 0.6) is 5.75 Å². The van der Waals surface area contributed by atoms with Crippen LogP contribution in [0.4, 0.5) is 13.2 Å². The fourth-order valence-corrected chi connectivity index (χ4v) is 4.29. The average Bonchev–Trinajstić information content (AvgIpc) is 3.10. The Hall–Kier alpha value is -1.31. The number of likely N-dealkylation sites (tertiary alicyclic amines) is 2. The average molecular weight is 385 g/mol. The molecule has 1 aromatic carbocycles. The minimum Gasteiger partial charge on any atom is -0.406 e. The van der Waals surface area contributed by atoms with Gasteiger partial charge in [0.15, 0.2) is 0 Å². The van der Waals surface area contributed by atoms with Gasteiger partial charge in [0.25, 0.3) is 0 Å². The van der Waals surface area contributed by atoms with Gasteiger partial charge in [-0.3, -0.25) is 9.80 Å². The van der Waals surface area contributed by atoms with E-state index in [1.807, 2.05) is 0 Å². The lowest BCUT2D eigenvalue weighted by molar-refractivity contribution is -0.274. The lowest BCUT2D eigenvalue weighted by atomic mass is 10.0. The molecule has 0 bridgehead atoms. The van der Waals surface area contributed by atoms with Crippen LogP contribution in [0, 0.1) is 0 Å². The van der Waals surface area contributed by atoms with Crippen LogP contribution in [0.2, 0.25) is 0 Å². The highest BCUT2D eigenvalue weighted by atomic mass is 19.4. The van der Waals surface area contributed by atoms with Gasteiger partial charge in [-0.15, -0.1) is 13.2 Å². The number of piperidine rings is 1. The molecule has 2 heterocycles. The van der Waals surface area contributed by atoms with Gasteiger partial charge in [0.2, 0.25) is 0 Å². The molecule has 1 aromatic rings. The summed E-state index contributed by atoms with van der Waals surface area (Å²) in [6.45, 7) is 6.66. The molecule has 2 saturated heterocycles. The number of likely N-dealkylation sites (N-methyl/N-ethyl adjacent to an activating group) is 1. The van der Waals surface area contributed by atoms with E-state index in [1.165, 1.54) is 38.1 Å². The predicted molar refractivity (Wildman–Crippen MR) is 99.8 cm³/mol. The van der Waals surface area contributed by atoms with Gasteiger partial charge in [-0.05, 0) is 71.1 Å². The zero-order valence-corrected chi connectivity index (χ0v) is 16.4. The number of benzene rings is 1. The molecular formula is C20H30F3N3O. The van der Waals surface area contributed by atoms with Crippen LogP contribution in [-0.2, 0) is 0 Å². The number of alkyl halides is 3. The highest BCUT2D eigenvalue weighted by Crippen LogP contribution is 2.30. The Balaban J connectivity index is 1.55. The topological polar surface area (TPSA) is 19.0 Å². The summed E-state index contributed by atoms with van der Waals surface area (Å²) in [7, 11) is 4.30. The standard InChI is InChI=1S/C20H30F3N3O/c1-15(16-4-6-19(7-5-16)27-20(21,22)23)25(3)18-10-13-26(14-18)17-8-11-24(2)12-9-17/h4-7,15,17-18H,8-14H2,1-3H3/t15-,18-/m0/s1. The summed E-state index contributed by atoms with van der Waals surface area (Å²) in [6, 6.07) is 7.56. The number of halogens is 3. The normalized spacial score (nSPS) is 24.5. The van der Waals surface area contributed by atoms with E-state index < -0.39 is 6.36 Å². The molecule has 0 spiro atoms. The molecule has 2 atom stereocenters. The van der Waals surface area contributed by atoms with Gasteiger partial charge in [-0.1, -0.05) is 12.1 Å². The van der Waals surface area contributed by atoms with Gasteiger partial charge in [0.1, 0.15) is 5.75 Å². The molecule has 152 valence electrons. The second-order valence-electron chi connectivity index (χ2n) is 7.93. The summed E-state index contributed by atoms with van der Waals surface area (Å²) in [5, 5.41) is 0. The van der Waals surface area contributed by atoms with Crippen LogP contribution in [-0.4, -0.2) is 73.4 Å². The van der Waals surface area contributed by atoms with E-state index in [-0.39, 0.29) is 11.8 Å². The van der Waals surface area contributed by atoms with Crippen LogP contribution >= 0.6 is 0 Å². The maximum atomic E-state index is 12.3. The Kier molecular flexibility index (Phi) is 6.33. The number of nitrogens with zero attached hydrogens (tertiary/aromatic N) is 3. The van der Waals surface area contributed by atoms with Crippen LogP contribution in [0.3, 0.4) is 0 Å². The largest absolute Gasteiger partial charge is 0.573 e. The van der Waals surface area contributed by atoms with E-state index >= 15 is 0 Å². The molecular weight excluding hydrogens is 355 g/mol. The zero-order valence-electron chi connectivity index (χ0n) is 16.4. The number of ether oxygens (including phenoxy) is 1. The first-order valence-corrected chi connectivity index (χ1v) is 9.73. The first kappa shape index (κ1) is 20.4. The molecule has 0 N–H and O–H groups in total. The van der Waals surface area contributed by atoms with Crippen molar-refractivity contribution in [2.24, 2.45) is 0 Å². The van der Waals surface area contributed by atoms with E-state index in [4.69, 9.17) is 0 Å². The number of rotatable bonds is 5. The van der Waals surface area contributed by atoms with Crippen LogP contribution in [0.1, 0.15) is 37.8 Å². The number of hydrogen-bond acceptors (Lipinski definition) is 4. The molecule has 2 aliphatic rings. The van der Waals surface area contributed by atoms with E-state index in [1.54, 1.807) is 12.1 Å². The quantitative estimate of drug-likeness (QED) is 0.768. The molecule has 0 radical (unpaired) electrons. The van der Waals surface area contributed by atoms with Crippen molar-refractivity contribution in [1.29, 1.82) is 0 Å². The first-order valence-electron chi connectivity index (χ1n) is 9.73. The maximum Gasteiger partial charge on any atom is 0.573 e. The van der Waals surface area contributed by atoms with Crippen LogP contribution in [0.15, 0.2) is 24.3 Å². The molecule has 4 nitrogen and oxygen atoms in total. The van der Waals surface area contributed by atoms with E-state index in [0.717, 1.165) is 25.1 Å². The third-order valence-corrected chi connectivity index (χ3v) is 6.18. The predicted octanol–water partition coefficient (Wildman–Crippen LogP) is 3.75. The van der Waals surface area contributed by atoms with Gasteiger partial charge < -0.3 is 9.64 Å². The van der Waals surface area contributed by atoms with Crippen LogP contribution < -0.4 is 4.74 Å². The van der Waals surface area contributed by atoms with Gasteiger partial charge in [-0.25, -0.2) is 0 Å². The van der Waals surface area contributed by atoms with Crippen molar-refractivity contribution in [3.63, 3.8) is 0 Å². The smallest absolute Gasteiger partial charge is 0.406 e. The van der Waals surface area contributed by atoms with E-state index in [2.05, 4.69) is 40.5 Å². The summed E-state index contributed by atoms with van der Waals surface area (Å²) >= 11 is 0. The zero-order chi connectivity index (χ0) is 19.6. The number of hydrogen-bond donors (Lipinski definition) is 0. The SMILES string of the molecule is C[C@@H](c1ccc(OC(F)(F)F)cc1)N(C)[C@H]1CCN(C2CCN(C)CC2)C1. The maximum absolute atomic E-state index is 12.3. The summed E-state index contributed by atoms with van der Waals surface area (Å²) in [6.07, 6.45) is -1.03. The van der Waals surface area contributed by atoms with Crippen molar-refractivity contribution in [3.8, 4) is 5.75 Å². The fourth-order valence-electron chi connectivity index (χ4n) is 4.29. The lowest BCUT2D eigenvalue weighted by Crippen LogP contribution is -2.44. The second kappa shape index (κ2) is 8.37. The molecule has 3 rings (SSSR count). The molecule has 2 aliphatic heterocycles. The summed E-state index contributed by atoms with van der Waals surface area (Å²) in [5.41, 5.74) is 1.00. The summed E-state index contributed by atoms with van der Waals surface area (Å²) < 4.78 is 40.9. The second-order valence-corrected chi connectivity index (χ2v) is 7.93. The van der Waals surface area contributed by atoms with Crippen molar-refractivity contribution >= 4 is 0 Å². The van der Waals surface area contributed by atoms with Gasteiger partial charge in [0.05, 0.1) is 0 Å². The van der Waals surface area contributed by atoms with E-state index in [0.29, 0.717) is 12.1 Å². The van der Waals surface area contributed by atoms with Crippen molar-refractivity contribution in [1.82, 2.24) is 14.7 Å². The Bertz CT molecular complexity index is 599. The third-order valence-electron chi connectivity index (χ3n) is 6.18. The van der Waals surface area contributed by atoms with Crippen molar-refractivity contribution in [2.45, 2.75) is 50.7 Å². The van der Waals surface area contributed by atoms with Gasteiger partial charge >= 0.3 is 6.36 Å². The Labute approximate surface area is 159 Å². The van der Waals surface area contributed by atoms with Crippen LogP contribution in [0.25, 0.3) is 0 Å². The molecule has 0 unspecified atom stereocenters. The molecule has 0 saturated carbocycles. The van der Waals surface area contributed by atoms with Gasteiger partial charge in [0, 0.05) is 31.2 Å². The van der Waals surface area contributed by atoms with Crippen molar-refractivity contribution in [3.05, 3.63) is 29.8 Å². The minimum absolute atomic E-state index is 0.146. The van der Waals surface area contributed by atoms with Crippen molar-refractivity contribution < 1.29 is 17.9 Å². The Morgan fingerprint density at radius 1 is 1.07 bits per heavy atom. The highest BCUT2D eigenvalue weighted by molar-refractivity contribution is 5.29. The minimum atomic E-state index is -4.65. The summed E-state index contributed by atoms with van der Waals surface area (Å²) in [4.78, 5) is 7.38. The molecule has 0 aromatic heterocycles. The fraction of sp³-hybridized carbons (Fsp3) is 0.700. The third kappa shape index (κ3) is 5.36. The molecule has 0 aliphatic carbocycles. The highest BCUT2D eigenvalue weighted by Gasteiger charge is 2.34. The lowest BCUT2D eigenvalue weighted by Gasteiger charge is -2.36. The van der Waals surface area contributed by atoms with Gasteiger partial charge in [-0.2, -0.15) is 0 Å². The first-order chi connectivity index (χ1) is 12.7. The van der Waals surface area contributed by atoms with Crippen molar-refractivity contribution in [2.75, 3.05) is 40.3 Å². The Morgan fingerprint density at radius 2 is 1.70 bits per heavy atom. The molecule has 0 amide bonds. The van der Waals surface area contributed by atoms with E-state index in [9.17, 15) is 13.2 Å². The molecule has 2 fully saturated rings. The molecule has 7 heteroatoms. The monoisotopic (exact) mass is 385 g/mol. The summed E-state index contributed by atoms with van der Waals surface area (Å²) in [5.74, 6) is -0.171. The Morgan fingerprint density at radius 3 is 2.30 bits per heavy atom. The molecule has 27 heavy (non-hydrogen) atoms.